The monoisotopic (exact) mass is 372 g/mol. The summed E-state index contributed by atoms with van der Waals surface area (Å²) in [6.45, 7) is 2.06. The van der Waals surface area contributed by atoms with Crippen LogP contribution in [0.15, 0.2) is 24.3 Å². The number of anilines is 1. The van der Waals surface area contributed by atoms with Crippen molar-refractivity contribution in [1.82, 2.24) is 15.5 Å². The van der Waals surface area contributed by atoms with Gasteiger partial charge in [-0.25, -0.2) is 0 Å². The molecule has 138 valence electrons. The quantitative estimate of drug-likeness (QED) is 0.808. The molecule has 1 heterocycles. The smallest absolute Gasteiger partial charge is 0.286 e. The van der Waals surface area contributed by atoms with Crippen LogP contribution in [0.4, 0.5) is 5.69 Å². The summed E-state index contributed by atoms with van der Waals surface area (Å²) in [6.07, 6.45) is 7.54. The molecule has 1 saturated carbocycles. The molecule has 0 radical (unpaired) electrons. The van der Waals surface area contributed by atoms with Crippen LogP contribution in [0.3, 0.4) is 0 Å². The van der Waals surface area contributed by atoms with E-state index in [-0.39, 0.29) is 17.9 Å². The lowest BCUT2D eigenvalue weighted by Crippen LogP contribution is -2.36. The number of nitrogens with one attached hydrogen (secondary N) is 2. The maximum Gasteiger partial charge on any atom is 0.286 e. The Morgan fingerprint density at radius 3 is 2.50 bits per heavy atom. The predicted octanol–water partition coefficient (Wildman–Crippen LogP) is 3.81. The number of aryl methyl sites for hydroxylation is 1. The van der Waals surface area contributed by atoms with Crippen LogP contribution in [0.2, 0.25) is 0 Å². The molecule has 2 amide bonds. The number of rotatable bonds is 6. The van der Waals surface area contributed by atoms with Gasteiger partial charge in [0.05, 0.1) is 0 Å². The second-order valence-electron chi connectivity index (χ2n) is 6.59. The standard InChI is InChI=1S/C19H24N4O2S/c1-2-6-16-22-23-19(26-16)18(25)21-15-11-9-13(10-12-15)17(24)20-14-7-4-3-5-8-14/h9-12,14H,2-8H2,1H3,(H,20,24)(H,21,25). The molecule has 2 aromatic rings. The summed E-state index contributed by atoms with van der Waals surface area (Å²) >= 11 is 1.31. The van der Waals surface area contributed by atoms with Crippen LogP contribution >= 0.6 is 11.3 Å². The molecule has 3 rings (SSSR count). The van der Waals surface area contributed by atoms with Gasteiger partial charge in [0, 0.05) is 23.7 Å². The largest absolute Gasteiger partial charge is 0.349 e. The Balaban J connectivity index is 1.56. The molecule has 1 aliphatic carbocycles. The molecule has 0 spiro atoms. The Morgan fingerprint density at radius 1 is 1.08 bits per heavy atom. The second kappa shape index (κ2) is 8.89. The van der Waals surface area contributed by atoms with Crippen molar-refractivity contribution in [3.8, 4) is 0 Å². The minimum atomic E-state index is -0.274. The maximum absolute atomic E-state index is 12.3. The highest BCUT2D eigenvalue weighted by molar-refractivity contribution is 7.13. The van der Waals surface area contributed by atoms with Gasteiger partial charge < -0.3 is 10.6 Å². The summed E-state index contributed by atoms with van der Waals surface area (Å²) in [5.74, 6) is -0.327. The first-order valence-corrected chi connectivity index (χ1v) is 10.0. The topological polar surface area (TPSA) is 84.0 Å². The first-order chi connectivity index (χ1) is 12.7. The molecule has 1 fully saturated rings. The van der Waals surface area contributed by atoms with Crippen molar-refractivity contribution in [3.63, 3.8) is 0 Å². The first-order valence-electron chi connectivity index (χ1n) is 9.20. The molecule has 0 saturated heterocycles. The molecule has 0 bridgehead atoms. The SMILES string of the molecule is CCCc1nnc(C(=O)Nc2ccc(C(=O)NC3CCCCC3)cc2)s1. The lowest BCUT2D eigenvalue weighted by atomic mass is 9.95. The minimum absolute atomic E-state index is 0.0527. The summed E-state index contributed by atoms with van der Waals surface area (Å²) in [5.41, 5.74) is 1.24. The van der Waals surface area contributed by atoms with Crippen molar-refractivity contribution in [2.45, 2.75) is 57.9 Å². The van der Waals surface area contributed by atoms with Crippen molar-refractivity contribution in [2.75, 3.05) is 5.32 Å². The highest BCUT2D eigenvalue weighted by atomic mass is 32.1. The Hall–Kier alpha value is -2.28. The number of carbonyl (C=O) groups excluding carboxylic acids is 2. The number of hydrogen-bond acceptors (Lipinski definition) is 5. The highest BCUT2D eigenvalue weighted by Crippen LogP contribution is 2.19. The third-order valence-corrected chi connectivity index (χ3v) is 5.45. The van der Waals surface area contributed by atoms with Crippen LogP contribution in [0.25, 0.3) is 0 Å². The minimum Gasteiger partial charge on any atom is -0.349 e. The maximum atomic E-state index is 12.3. The van der Waals surface area contributed by atoms with E-state index >= 15 is 0 Å². The van der Waals surface area contributed by atoms with E-state index < -0.39 is 0 Å². The third kappa shape index (κ3) is 4.88. The van der Waals surface area contributed by atoms with Crippen molar-refractivity contribution in [2.24, 2.45) is 0 Å². The average molecular weight is 372 g/mol. The first kappa shape index (κ1) is 18.5. The number of aromatic nitrogens is 2. The number of amides is 2. The molecule has 0 unspecified atom stereocenters. The molecule has 1 aromatic carbocycles. The lowest BCUT2D eigenvalue weighted by Gasteiger charge is -2.22. The van der Waals surface area contributed by atoms with Crippen molar-refractivity contribution >= 4 is 28.8 Å². The molecule has 26 heavy (non-hydrogen) atoms. The van der Waals surface area contributed by atoms with E-state index in [4.69, 9.17) is 0 Å². The van der Waals surface area contributed by atoms with E-state index in [0.29, 0.717) is 16.3 Å². The van der Waals surface area contributed by atoms with Crippen LogP contribution in [0, 0.1) is 0 Å². The summed E-state index contributed by atoms with van der Waals surface area (Å²) in [7, 11) is 0. The normalized spacial score (nSPS) is 14.8. The van der Waals surface area contributed by atoms with Gasteiger partial charge in [0.2, 0.25) is 5.01 Å². The van der Waals surface area contributed by atoms with Gasteiger partial charge in [-0.15, -0.1) is 10.2 Å². The molecule has 7 heteroatoms. The Kier molecular flexibility index (Phi) is 6.33. The van der Waals surface area contributed by atoms with Gasteiger partial charge in [-0.2, -0.15) is 0 Å². The van der Waals surface area contributed by atoms with Crippen LogP contribution in [0.1, 0.15) is 70.6 Å². The van der Waals surface area contributed by atoms with E-state index in [1.165, 1.54) is 30.6 Å². The number of benzene rings is 1. The second-order valence-corrected chi connectivity index (χ2v) is 7.65. The molecular formula is C19H24N4O2S. The fourth-order valence-electron chi connectivity index (χ4n) is 3.07. The third-order valence-electron chi connectivity index (χ3n) is 4.47. The summed E-state index contributed by atoms with van der Waals surface area (Å²) in [5, 5.41) is 15.1. The summed E-state index contributed by atoms with van der Waals surface area (Å²) in [6, 6.07) is 7.22. The molecule has 0 atom stereocenters. The van der Waals surface area contributed by atoms with Crippen molar-refractivity contribution in [3.05, 3.63) is 39.8 Å². The van der Waals surface area contributed by atoms with Gasteiger partial charge >= 0.3 is 0 Å². The zero-order chi connectivity index (χ0) is 18.4. The molecule has 6 nitrogen and oxygen atoms in total. The zero-order valence-corrected chi connectivity index (χ0v) is 15.8. The average Bonchev–Trinajstić information content (AvgIpc) is 3.12. The van der Waals surface area contributed by atoms with Gasteiger partial charge in [0.15, 0.2) is 0 Å². The van der Waals surface area contributed by atoms with Crippen LogP contribution in [-0.4, -0.2) is 28.1 Å². The number of nitrogens with zero attached hydrogens (tertiary/aromatic N) is 2. The highest BCUT2D eigenvalue weighted by Gasteiger charge is 2.17. The Morgan fingerprint density at radius 2 is 1.81 bits per heavy atom. The van der Waals surface area contributed by atoms with E-state index in [2.05, 4.69) is 27.8 Å². The van der Waals surface area contributed by atoms with Gasteiger partial charge in [0.1, 0.15) is 5.01 Å². The van der Waals surface area contributed by atoms with E-state index in [9.17, 15) is 9.59 Å². The van der Waals surface area contributed by atoms with Gasteiger partial charge in [0.25, 0.3) is 11.8 Å². The van der Waals surface area contributed by atoms with E-state index in [1.807, 2.05) is 0 Å². The summed E-state index contributed by atoms with van der Waals surface area (Å²) < 4.78 is 0. The lowest BCUT2D eigenvalue weighted by molar-refractivity contribution is 0.0927. The van der Waals surface area contributed by atoms with Gasteiger partial charge in [-0.1, -0.05) is 37.5 Å². The van der Waals surface area contributed by atoms with Crippen molar-refractivity contribution in [1.29, 1.82) is 0 Å². The molecular weight excluding hydrogens is 348 g/mol. The van der Waals surface area contributed by atoms with E-state index in [1.54, 1.807) is 24.3 Å². The Bertz CT molecular complexity index is 751. The van der Waals surface area contributed by atoms with Crippen LogP contribution < -0.4 is 10.6 Å². The molecule has 1 aliphatic rings. The fraction of sp³-hybridized carbons (Fsp3) is 0.474. The number of carbonyl (C=O) groups is 2. The van der Waals surface area contributed by atoms with Crippen molar-refractivity contribution < 1.29 is 9.59 Å². The summed E-state index contributed by atoms with van der Waals surface area (Å²) in [4.78, 5) is 24.5. The predicted molar refractivity (Wildman–Crippen MR) is 103 cm³/mol. The van der Waals surface area contributed by atoms with Crippen LogP contribution in [0.5, 0.6) is 0 Å². The fourth-order valence-corrected chi connectivity index (χ4v) is 3.90. The molecule has 2 N–H and O–H groups in total. The van der Waals surface area contributed by atoms with Gasteiger partial charge in [-0.05, 0) is 43.5 Å². The molecule has 0 aliphatic heterocycles. The van der Waals surface area contributed by atoms with Gasteiger partial charge in [-0.3, -0.25) is 9.59 Å². The number of hydrogen-bond donors (Lipinski definition) is 2. The van der Waals surface area contributed by atoms with Crippen LogP contribution in [-0.2, 0) is 6.42 Å². The Labute approximate surface area is 157 Å². The van der Waals surface area contributed by atoms with E-state index in [0.717, 1.165) is 30.7 Å². The molecule has 1 aromatic heterocycles. The zero-order valence-electron chi connectivity index (χ0n) is 15.0.